The highest BCUT2D eigenvalue weighted by Gasteiger charge is 2.19. The van der Waals surface area contributed by atoms with Crippen molar-refractivity contribution in [3.63, 3.8) is 0 Å². The van der Waals surface area contributed by atoms with Crippen molar-refractivity contribution in [2.75, 3.05) is 6.26 Å². The first-order valence-corrected chi connectivity index (χ1v) is 7.51. The number of rotatable bonds is 3. The molecule has 0 aliphatic carbocycles. The number of hydrogen-bond donors (Lipinski definition) is 1. The Balaban J connectivity index is 2.64. The molecule has 2 rings (SSSR count). The molecule has 0 bridgehead atoms. The maximum Gasteiger partial charge on any atom is 0.337 e. The van der Waals surface area contributed by atoms with Gasteiger partial charge in [-0.05, 0) is 35.4 Å². The Labute approximate surface area is 115 Å². The molecule has 4 nitrogen and oxygen atoms in total. The highest BCUT2D eigenvalue weighted by Crippen LogP contribution is 2.25. The zero-order valence-corrected chi connectivity index (χ0v) is 11.3. The van der Waals surface area contributed by atoms with Crippen LogP contribution in [-0.4, -0.2) is 25.7 Å². The minimum absolute atomic E-state index is 0.258. The van der Waals surface area contributed by atoms with E-state index in [0.29, 0.717) is 11.1 Å². The van der Waals surface area contributed by atoms with Gasteiger partial charge in [0.05, 0.1) is 10.5 Å². The van der Waals surface area contributed by atoms with Crippen LogP contribution in [0.15, 0.2) is 47.4 Å². The molecule has 0 amide bonds. The van der Waals surface area contributed by atoms with Crippen LogP contribution in [0.5, 0.6) is 0 Å². The summed E-state index contributed by atoms with van der Waals surface area (Å²) in [7, 11) is -3.67. The Kier molecular flexibility index (Phi) is 3.59. The number of carbonyl (C=O) groups is 1. The van der Waals surface area contributed by atoms with Gasteiger partial charge in [0.25, 0.3) is 0 Å². The standard InChI is InChI=1S/C14H11FO4S/c1-20(18,19)13-8-10(4-7-12(13)14(16)17)9-2-5-11(15)6-3-9/h2-8H,1H3,(H,16,17). The third-order valence-corrected chi connectivity index (χ3v) is 3.93. The fourth-order valence-electron chi connectivity index (χ4n) is 1.83. The fourth-order valence-corrected chi connectivity index (χ4v) is 2.72. The molecule has 6 heteroatoms. The van der Waals surface area contributed by atoms with Crippen LogP contribution in [0.25, 0.3) is 11.1 Å². The number of carboxylic acids is 1. The second kappa shape index (κ2) is 5.05. The predicted molar refractivity (Wildman–Crippen MR) is 71.9 cm³/mol. The summed E-state index contributed by atoms with van der Waals surface area (Å²) in [5.74, 6) is -1.71. The highest BCUT2D eigenvalue weighted by atomic mass is 32.2. The fraction of sp³-hybridized carbons (Fsp3) is 0.0714. The lowest BCUT2D eigenvalue weighted by Crippen LogP contribution is -2.07. The lowest BCUT2D eigenvalue weighted by atomic mass is 10.0. The van der Waals surface area contributed by atoms with Crippen LogP contribution in [0, 0.1) is 5.82 Å². The number of aromatic carboxylic acids is 1. The number of benzene rings is 2. The van der Waals surface area contributed by atoms with Crippen LogP contribution in [0.2, 0.25) is 0 Å². The normalized spacial score (nSPS) is 11.3. The van der Waals surface area contributed by atoms with Crippen molar-refractivity contribution < 1.29 is 22.7 Å². The summed E-state index contributed by atoms with van der Waals surface area (Å²) >= 11 is 0. The van der Waals surface area contributed by atoms with Crippen molar-refractivity contribution in [1.29, 1.82) is 0 Å². The molecule has 20 heavy (non-hydrogen) atoms. The molecule has 0 fully saturated rings. The summed E-state index contributed by atoms with van der Waals surface area (Å²) < 4.78 is 36.2. The van der Waals surface area contributed by atoms with Crippen LogP contribution in [0.3, 0.4) is 0 Å². The number of sulfone groups is 1. The first-order chi connectivity index (χ1) is 9.29. The molecule has 0 aliphatic rings. The minimum atomic E-state index is -3.67. The number of halogens is 1. The molecule has 0 saturated heterocycles. The van der Waals surface area contributed by atoms with Crippen molar-refractivity contribution in [1.82, 2.24) is 0 Å². The summed E-state index contributed by atoms with van der Waals surface area (Å²) in [5.41, 5.74) is 0.835. The Morgan fingerprint density at radius 2 is 1.60 bits per heavy atom. The second-order valence-corrected chi connectivity index (χ2v) is 6.28. The Morgan fingerprint density at radius 1 is 1.05 bits per heavy atom. The molecule has 0 heterocycles. The van der Waals surface area contributed by atoms with Crippen molar-refractivity contribution in [3.8, 4) is 11.1 Å². The maximum absolute atomic E-state index is 12.9. The van der Waals surface area contributed by atoms with Crippen molar-refractivity contribution in [2.24, 2.45) is 0 Å². The molecule has 2 aromatic carbocycles. The number of hydrogen-bond acceptors (Lipinski definition) is 3. The first kappa shape index (κ1) is 14.2. The molecule has 0 radical (unpaired) electrons. The second-order valence-electron chi connectivity index (χ2n) is 4.30. The lowest BCUT2D eigenvalue weighted by molar-refractivity contribution is 0.0692. The van der Waals surface area contributed by atoms with E-state index in [9.17, 15) is 17.6 Å². The summed E-state index contributed by atoms with van der Waals surface area (Å²) in [6.45, 7) is 0. The van der Waals surface area contributed by atoms with Gasteiger partial charge in [0.15, 0.2) is 9.84 Å². The van der Waals surface area contributed by atoms with E-state index in [1.54, 1.807) is 0 Å². The van der Waals surface area contributed by atoms with Gasteiger partial charge in [0.2, 0.25) is 0 Å². The van der Waals surface area contributed by atoms with Crippen LogP contribution >= 0.6 is 0 Å². The topological polar surface area (TPSA) is 71.4 Å². The van der Waals surface area contributed by atoms with E-state index in [-0.39, 0.29) is 10.5 Å². The maximum atomic E-state index is 12.9. The van der Waals surface area contributed by atoms with E-state index >= 15 is 0 Å². The van der Waals surface area contributed by atoms with Gasteiger partial charge in [-0.25, -0.2) is 17.6 Å². The zero-order chi connectivity index (χ0) is 14.9. The van der Waals surface area contributed by atoms with Crippen LogP contribution in [-0.2, 0) is 9.84 Å². The molecule has 0 atom stereocenters. The molecule has 2 aromatic rings. The van der Waals surface area contributed by atoms with E-state index in [4.69, 9.17) is 5.11 Å². The van der Waals surface area contributed by atoms with E-state index < -0.39 is 21.6 Å². The van der Waals surface area contributed by atoms with Gasteiger partial charge in [-0.15, -0.1) is 0 Å². The average Bonchev–Trinajstić information content (AvgIpc) is 2.38. The first-order valence-electron chi connectivity index (χ1n) is 5.62. The van der Waals surface area contributed by atoms with E-state index in [1.165, 1.54) is 42.5 Å². The zero-order valence-electron chi connectivity index (χ0n) is 10.5. The van der Waals surface area contributed by atoms with Crippen molar-refractivity contribution in [3.05, 3.63) is 53.8 Å². The molecule has 0 aliphatic heterocycles. The molecule has 1 N–H and O–H groups in total. The third kappa shape index (κ3) is 2.85. The SMILES string of the molecule is CS(=O)(=O)c1cc(-c2ccc(F)cc2)ccc1C(=O)O. The molecule has 0 unspecified atom stereocenters. The van der Waals surface area contributed by atoms with E-state index in [0.717, 1.165) is 6.26 Å². The van der Waals surface area contributed by atoms with Crippen molar-refractivity contribution in [2.45, 2.75) is 4.90 Å². The highest BCUT2D eigenvalue weighted by molar-refractivity contribution is 7.90. The monoisotopic (exact) mass is 294 g/mol. The van der Waals surface area contributed by atoms with Gasteiger partial charge in [0, 0.05) is 6.26 Å². The summed E-state index contributed by atoms with van der Waals surface area (Å²) in [4.78, 5) is 10.8. The number of carboxylic acid groups (broad SMARTS) is 1. The molecular weight excluding hydrogens is 283 g/mol. The minimum Gasteiger partial charge on any atom is -0.478 e. The largest absolute Gasteiger partial charge is 0.478 e. The van der Waals surface area contributed by atoms with Crippen LogP contribution in [0.4, 0.5) is 4.39 Å². The summed E-state index contributed by atoms with van der Waals surface area (Å²) in [6.07, 6.45) is 0.948. The van der Waals surface area contributed by atoms with Crippen molar-refractivity contribution >= 4 is 15.8 Å². The van der Waals surface area contributed by atoms with Gasteiger partial charge in [-0.1, -0.05) is 18.2 Å². The Morgan fingerprint density at radius 3 is 2.10 bits per heavy atom. The molecule has 0 spiro atoms. The van der Waals surface area contributed by atoms with E-state index in [2.05, 4.69) is 0 Å². The van der Waals surface area contributed by atoms with Gasteiger partial charge in [-0.3, -0.25) is 0 Å². The average molecular weight is 294 g/mol. The quantitative estimate of drug-likeness (QED) is 0.944. The molecule has 0 saturated carbocycles. The Hall–Kier alpha value is -2.21. The van der Waals surface area contributed by atoms with Crippen LogP contribution in [0.1, 0.15) is 10.4 Å². The molecular formula is C14H11FO4S. The van der Waals surface area contributed by atoms with Gasteiger partial charge < -0.3 is 5.11 Å². The summed E-state index contributed by atoms with van der Waals surface area (Å²) in [5, 5.41) is 9.01. The van der Waals surface area contributed by atoms with Gasteiger partial charge >= 0.3 is 5.97 Å². The molecule has 0 aromatic heterocycles. The van der Waals surface area contributed by atoms with Crippen LogP contribution < -0.4 is 0 Å². The third-order valence-electron chi connectivity index (χ3n) is 2.79. The smallest absolute Gasteiger partial charge is 0.337 e. The van der Waals surface area contributed by atoms with E-state index in [1.807, 2.05) is 0 Å². The van der Waals surface area contributed by atoms with Gasteiger partial charge in [-0.2, -0.15) is 0 Å². The Bertz CT molecular complexity index is 764. The predicted octanol–water partition coefficient (Wildman–Crippen LogP) is 2.59. The van der Waals surface area contributed by atoms with Gasteiger partial charge in [0.1, 0.15) is 5.82 Å². The molecule has 104 valence electrons. The summed E-state index contributed by atoms with van der Waals surface area (Å²) in [6, 6.07) is 9.50. The lowest BCUT2D eigenvalue weighted by Gasteiger charge is -2.08.